The highest BCUT2D eigenvalue weighted by atomic mass is 32.2. The lowest BCUT2D eigenvalue weighted by molar-refractivity contribution is 0.355. The molecule has 0 atom stereocenters. The van der Waals surface area contributed by atoms with Crippen LogP contribution in [0.5, 0.6) is 11.5 Å². The molecule has 8 nitrogen and oxygen atoms in total. The Balaban J connectivity index is 1.43. The molecule has 176 valence electrons. The molecule has 0 bridgehead atoms. The molecule has 0 aliphatic heterocycles. The van der Waals surface area contributed by atoms with Crippen LogP contribution < -0.4 is 15.0 Å². The lowest BCUT2D eigenvalue weighted by Gasteiger charge is -2.12. The summed E-state index contributed by atoms with van der Waals surface area (Å²) in [4.78, 5) is 22.6. The molecule has 9 heteroatoms. The van der Waals surface area contributed by atoms with E-state index in [9.17, 15) is 4.79 Å². The van der Waals surface area contributed by atoms with Gasteiger partial charge in [0.1, 0.15) is 0 Å². The van der Waals surface area contributed by atoms with Crippen molar-refractivity contribution in [2.45, 2.75) is 17.5 Å². The molecule has 0 amide bonds. The highest BCUT2D eigenvalue weighted by Crippen LogP contribution is 2.31. The molecular formula is C26H22N4O4S. The van der Waals surface area contributed by atoms with Crippen LogP contribution in [0.2, 0.25) is 0 Å². The molecule has 0 unspecified atom stereocenters. The molecule has 5 aromatic rings. The largest absolute Gasteiger partial charge is 0.493 e. The Morgan fingerprint density at radius 1 is 0.914 bits per heavy atom. The van der Waals surface area contributed by atoms with Gasteiger partial charge in [0.05, 0.1) is 37.4 Å². The first-order valence-electron chi connectivity index (χ1n) is 10.9. The van der Waals surface area contributed by atoms with Gasteiger partial charge in [-0.2, -0.15) is 4.98 Å². The Hall–Kier alpha value is -4.11. The highest BCUT2D eigenvalue weighted by Gasteiger charge is 2.16. The van der Waals surface area contributed by atoms with E-state index < -0.39 is 0 Å². The van der Waals surface area contributed by atoms with Crippen LogP contribution in [0, 0.1) is 0 Å². The lowest BCUT2D eigenvalue weighted by Crippen LogP contribution is -2.24. The van der Waals surface area contributed by atoms with Gasteiger partial charge in [-0.05, 0) is 35.9 Å². The number of methoxy groups -OCH3 is 2. The van der Waals surface area contributed by atoms with Gasteiger partial charge in [-0.3, -0.25) is 9.36 Å². The molecule has 2 heterocycles. The molecule has 0 spiro atoms. The molecule has 2 aromatic heterocycles. The predicted octanol–water partition coefficient (Wildman–Crippen LogP) is 4.80. The minimum atomic E-state index is -0.0847. The normalized spacial score (nSPS) is 11.0. The molecule has 0 N–H and O–H groups in total. The number of aromatic nitrogens is 4. The van der Waals surface area contributed by atoms with E-state index >= 15 is 0 Å². The number of nitrogens with zero attached hydrogens (tertiary/aromatic N) is 4. The van der Waals surface area contributed by atoms with Crippen LogP contribution in [0.1, 0.15) is 11.5 Å². The summed E-state index contributed by atoms with van der Waals surface area (Å²) in [5.74, 6) is 2.42. The number of hydrogen-bond acceptors (Lipinski definition) is 8. The van der Waals surface area contributed by atoms with E-state index in [4.69, 9.17) is 19.0 Å². The fourth-order valence-electron chi connectivity index (χ4n) is 3.70. The zero-order chi connectivity index (χ0) is 24.2. The van der Waals surface area contributed by atoms with Crippen LogP contribution in [0.3, 0.4) is 0 Å². The summed E-state index contributed by atoms with van der Waals surface area (Å²) in [7, 11) is 3.16. The fourth-order valence-corrected chi connectivity index (χ4v) is 4.53. The topological polar surface area (TPSA) is 92.3 Å². The summed E-state index contributed by atoms with van der Waals surface area (Å²) >= 11 is 1.38. The first kappa shape index (κ1) is 22.7. The van der Waals surface area contributed by atoms with Crippen LogP contribution in [0.25, 0.3) is 22.3 Å². The number of benzene rings is 3. The van der Waals surface area contributed by atoms with Crippen molar-refractivity contribution in [3.63, 3.8) is 0 Å². The van der Waals surface area contributed by atoms with E-state index in [1.165, 1.54) is 11.8 Å². The second-order valence-electron chi connectivity index (χ2n) is 7.66. The highest BCUT2D eigenvalue weighted by molar-refractivity contribution is 7.98. The van der Waals surface area contributed by atoms with Crippen LogP contribution in [0.4, 0.5) is 0 Å². The summed E-state index contributed by atoms with van der Waals surface area (Å²) in [6.45, 7) is 0.417. The number of fused-ring (bicyclic) bond motifs is 1. The average molecular weight is 487 g/mol. The summed E-state index contributed by atoms with van der Waals surface area (Å²) < 4.78 is 17.8. The zero-order valence-corrected chi connectivity index (χ0v) is 20.0. The molecule has 0 saturated carbocycles. The monoisotopic (exact) mass is 486 g/mol. The maximum absolute atomic E-state index is 13.3. The number of thioether (sulfide) groups is 1. The number of hydrogen-bond donors (Lipinski definition) is 0. The minimum absolute atomic E-state index is 0.0847. The van der Waals surface area contributed by atoms with Gasteiger partial charge in [0.2, 0.25) is 11.7 Å². The fraction of sp³-hybridized carbons (Fsp3) is 0.154. The van der Waals surface area contributed by atoms with Gasteiger partial charge >= 0.3 is 0 Å². The smallest absolute Gasteiger partial charge is 0.262 e. The lowest BCUT2D eigenvalue weighted by atomic mass is 10.2. The Morgan fingerprint density at radius 3 is 2.49 bits per heavy atom. The van der Waals surface area contributed by atoms with Crippen molar-refractivity contribution in [1.29, 1.82) is 0 Å². The number of para-hydroxylation sites is 1. The van der Waals surface area contributed by atoms with Crippen molar-refractivity contribution in [2.75, 3.05) is 14.2 Å². The van der Waals surface area contributed by atoms with E-state index in [0.717, 1.165) is 11.1 Å². The third kappa shape index (κ3) is 4.76. The molecule has 35 heavy (non-hydrogen) atoms. The molecule has 0 aliphatic rings. The summed E-state index contributed by atoms with van der Waals surface area (Å²) in [5, 5.41) is 5.27. The average Bonchev–Trinajstić information content (AvgIpc) is 3.38. The Labute approximate surface area is 205 Å². The zero-order valence-electron chi connectivity index (χ0n) is 19.2. The molecule has 3 aromatic carbocycles. The minimum Gasteiger partial charge on any atom is -0.493 e. The Bertz CT molecular complexity index is 1530. The summed E-state index contributed by atoms with van der Waals surface area (Å²) in [5.41, 5.74) is 2.33. The van der Waals surface area contributed by atoms with Crippen molar-refractivity contribution in [3.8, 4) is 22.9 Å². The van der Waals surface area contributed by atoms with Crippen LogP contribution in [-0.4, -0.2) is 33.9 Å². The number of rotatable bonds is 8. The third-order valence-corrected chi connectivity index (χ3v) is 6.41. The van der Waals surface area contributed by atoms with Gasteiger partial charge in [0.25, 0.3) is 5.56 Å². The predicted molar refractivity (Wildman–Crippen MR) is 134 cm³/mol. The van der Waals surface area contributed by atoms with Gasteiger partial charge in [0.15, 0.2) is 16.7 Å². The molecule has 0 radical (unpaired) electrons. The van der Waals surface area contributed by atoms with Crippen molar-refractivity contribution in [1.82, 2.24) is 19.7 Å². The van der Waals surface area contributed by atoms with Crippen molar-refractivity contribution < 1.29 is 14.0 Å². The third-order valence-electron chi connectivity index (χ3n) is 5.44. The molecule has 0 saturated heterocycles. The van der Waals surface area contributed by atoms with Crippen molar-refractivity contribution in [2.24, 2.45) is 0 Å². The van der Waals surface area contributed by atoms with Gasteiger partial charge < -0.3 is 14.0 Å². The van der Waals surface area contributed by atoms with Crippen LogP contribution in [-0.2, 0) is 12.3 Å². The molecule has 0 aliphatic carbocycles. The SMILES string of the molecule is COc1ccc(-c2noc(CSc3nc4ccccc4c(=O)n3Cc3ccccc3)n2)cc1OC. The van der Waals surface area contributed by atoms with E-state index in [1.807, 2.05) is 54.6 Å². The van der Waals surface area contributed by atoms with Gasteiger partial charge in [-0.15, -0.1) is 0 Å². The van der Waals surface area contributed by atoms with E-state index in [0.29, 0.717) is 51.6 Å². The second-order valence-corrected chi connectivity index (χ2v) is 8.60. The quantitative estimate of drug-likeness (QED) is 0.228. The first-order chi connectivity index (χ1) is 17.2. The van der Waals surface area contributed by atoms with E-state index in [-0.39, 0.29) is 5.56 Å². The standard InChI is InChI=1S/C26H22N4O4S/c1-32-21-13-12-18(14-22(21)33-2)24-28-23(34-29-24)16-35-26-27-20-11-7-6-10-19(20)25(31)30(26)15-17-8-4-3-5-9-17/h3-14H,15-16H2,1-2H3. The molecule has 5 rings (SSSR count). The van der Waals surface area contributed by atoms with Crippen LogP contribution in [0.15, 0.2) is 87.3 Å². The Morgan fingerprint density at radius 2 is 1.69 bits per heavy atom. The van der Waals surface area contributed by atoms with E-state index in [1.54, 1.807) is 37.0 Å². The van der Waals surface area contributed by atoms with Gasteiger partial charge in [-0.25, -0.2) is 4.98 Å². The maximum atomic E-state index is 13.3. The second kappa shape index (κ2) is 10.0. The Kier molecular flexibility index (Phi) is 6.49. The number of ether oxygens (including phenoxy) is 2. The summed E-state index contributed by atoms with van der Waals surface area (Å²) in [6.07, 6.45) is 0. The van der Waals surface area contributed by atoms with Crippen molar-refractivity contribution in [3.05, 3.63) is 94.6 Å². The van der Waals surface area contributed by atoms with Gasteiger partial charge in [0, 0.05) is 5.56 Å². The summed E-state index contributed by atoms with van der Waals surface area (Å²) in [6, 6.07) is 22.6. The molecule has 0 fully saturated rings. The van der Waals surface area contributed by atoms with Gasteiger partial charge in [-0.1, -0.05) is 59.4 Å². The first-order valence-corrected chi connectivity index (χ1v) is 11.9. The molecular weight excluding hydrogens is 464 g/mol. The van der Waals surface area contributed by atoms with Crippen LogP contribution >= 0.6 is 11.8 Å². The van der Waals surface area contributed by atoms with E-state index in [2.05, 4.69) is 10.1 Å². The van der Waals surface area contributed by atoms with Crippen molar-refractivity contribution >= 4 is 22.7 Å². The maximum Gasteiger partial charge on any atom is 0.262 e.